The summed E-state index contributed by atoms with van der Waals surface area (Å²) in [5.74, 6) is 3.53. The Morgan fingerprint density at radius 2 is 1.83 bits per heavy atom. The molecule has 3 saturated carbocycles. The van der Waals surface area contributed by atoms with Gasteiger partial charge in [0.15, 0.2) is 0 Å². The van der Waals surface area contributed by atoms with Crippen LogP contribution in [0.4, 0.5) is 5.82 Å². The summed E-state index contributed by atoms with van der Waals surface area (Å²) >= 11 is 0. The zero-order chi connectivity index (χ0) is 15.4. The van der Waals surface area contributed by atoms with E-state index in [9.17, 15) is 0 Å². The third-order valence-electron chi connectivity index (χ3n) is 6.71. The van der Waals surface area contributed by atoms with E-state index in [1.165, 1.54) is 69.5 Å². The molecule has 0 atom stereocenters. The number of anilines is 1. The minimum atomic E-state index is 0.385. The van der Waals surface area contributed by atoms with Gasteiger partial charge in [-0.15, -0.1) is 0 Å². The van der Waals surface area contributed by atoms with Gasteiger partial charge in [0.05, 0.1) is 0 Å². The molecular formula is C19H28N4. The molecule has 4 nitrogen and oxygen atoms in total. The lowest BCUT2D eigenvalue weighted by Crippen LogP contribution is -2.35. The smallest absolute Gasteiger partial charge is 0.134 e. The van der Waals surface area contributed by atoms with E-state index in [2.05, 4.69) is 11.0 Å². The maximum Gasteiger partial charge on any atom is 0.134 e. The van der Waals surface area contributed by atoms with Crippen LogP contribution in [-0.2, 0) is 0 Å². The van der Waals surface area contributed by atoms with Gasteiger partial charge in [-0.1, -0.05) is 12.8 Å². The molecule has 1 aromatic heterocycles. The van der Waals surface area contributed by atoms with Crippen molar-refractivity contribution in [2.24, 2.45) is 11.1 Å². The number of hydrogen-bond acceptors (Lipinski definition) is 4. The van der Waals surface area contributed by atoms with E-state index in [-0.39, 0.29) is 0 Å². The summed E-state index contributed by atoms with van der Waals surface area (Å²) in [4.78, 5) is 12.5. The summed E-state index contributed by atoms with van der Waals surface area (Å²) in [6.07, 6.45) is 11.8. The summed E-state index contributed by atoms with van der Waals surface area (Å²) < 4.78 is 0. The number of nitrogens with zero attached hydrogens (tertiary/aromatic N) is 3. The minimum Gasteiger partial charge on any atom is -0.356 e. The van der Waals surface area contributed by atoms with Gasteiger partial charge in [0.25, 0.3) is 0 Å². The van der Waals surface area contributed by atoms with Crippen molar-refractivity contribution in [2.75, 3.05) is 18.0 Å². The van der Waals surface area contributed by atoms with Crippen molar-refractivity contribution in [1.29, 1.82) is 0 Å². The Hall–Kier alpha value is -1.16. The van der Waals surface area contributed by atoms with Crippen molar-refractivity contribution < 1.29 is 0 Å². The Morgan fingerprint density at radius 1 is 1.04 bits per heavy atom. The Balaban J connectivity index is 1.42. The lowest BCUT2D eigenvalue weighted by molar-refractivity contribution is 0.340. The Labute approximate surface area is 138 Å². The van der Waals surface area contributed by atoms with Crippen LogP contribution in [0.25, 0.3) is 0 Å². The molecule has 0 radical (unpaired) electrons. The molecule has 5 rings (SSSR count). The van der Waals surface area contributed by atoms with Gasteiger partial charge >= 0.3 is 0 Å². The maximum atomic E-state index is 6.00. The van der Waals surface area contributed by atoms with Crippen LogP contribution in [0, 0.1) is 5.41 Å². The van der Waals surface area contributed by atoms with Crippen molar-refractivity contribution in [2.45, 2.75) is 75.7 Å². The number of hydrogen-bond donors (Lipinski definition) is 1. The highest BCUT2D eigenvalue weighted by Gasteiger charge is 2.41. The summed E-state index contributed by atoms with van der Waals surface area (Å²) in [6.45, 7) is 2.41. The predicted molar refractivity (Wildman–Crippen MR) is 91.7 cm³/mol. The molecule has 4 heteroatoms. The molecule has 0 bridgehead atoms. The molecule has 2 N–H and O–H groups in total. The predicted octanol–water partition coefficient (Wildman–Crippen LogP) is 3.33. The Bertz CT molecular complexity index is 597. The third-order valence-corrected chi connectivity index (χ3v) is 6.71. The van der Waals surface area contributed by atoms with E-state index < -0.39 is 0 Å². The van der Waals surface area contributed by atoms with Crippen LogP contribution in [0.2, 0.25) is 0 Å². The second kappa shape index (κ2) is 5.17. The monoisotopic (exact) mass is 312 g/mol. The summed E-state index contributed by atoms with van der Waals surface area (Å²) in [5, 5.41) is 0. The van der Waals surface area contributed by atoms with Crippen LogP contribution in [0.15, 0.2) is 6.07 Å². The number of nitrogens with two attached hydrogens (primary N) is 1. The average Bonchev–Trinajstić information content (AvgIpc) is 3.16. The molecule has 0 aromatic carbocycles. The number of rotatable bonds is 3. The molecule has 2 heterocycles. The molecule has 4 aliphatic rings. The fourth-order valence-electron chi connectivity index (χ4n) is 4.93. The van der Waals surface area contributed by atoms with Crippen molar-refractivity contribution in [3.63, 3.8) is 0 Å². The van der Waals surface area contributed by atoms with Gasteiger partial charge in [0.2, 0.25) is 0 Å². The molecule has 4 fully saturated rings. The minimum absolute atomic E-state index is 0.385. The van der Waals surface area contributed by atoms with Gasteiger partial charge in [-0.25, -0.2) is 9.97 Å². The molecule has 1 aliphatic heterocycles. The van der Waals surface area contributed by atoms with E-state index >= 15 is 0 Å². The number of aromatic nitrogens is 2. The largest absolute Gasteiger partial charge is 0.356 e. The summed E-state index contributed by atoms with van der Waals surface area (Å²) in [7, 11) is 0. The standard InChI is InChI=1S/C19H28N4/c20-15-9-14(10-15)16-11-17(22-18(21-16)13-3-4-13)23-8-7-19(12-23)5-1-2-6-19/h11,13-15H,1-10,12,20H2. The molecule has 1 spiro atoms. The molecule has 124 valence electrons. The van der Waals surface area contributed by atoms with Gasteiger partial charge in [-0.2, -0.15) is 0 Å². The topological polar surface area (TPSA) is 55.0 Å². The normalized spacial score (nSPS) is 32.5. The van der Waals surface area contributed by atoms with E-state index in [4.69, 9.17) is 15.7 Å². The molecule has 0 amide bonds. The SMILES string of the molecule is NC1CC(c2cc(N3CCC4(CCCC4)C3)nc(C3CC3)n2)C1. The first-order valence-electron chi connectivity index (χ1n) is 9.60. The fourth-order valence-corrected chi connectivity index (χ4v) is 4.93. The second-order valence-corrected chi connectivity index (χ2v) is 8.59. The van der Waals surface area contributed by atoms with Crippen LogP contribution in [0.5, 0.6) is 0 Å². The maximum absolute atomic E-state index is 6.00. The van der Waals surface area contributed by atoms with Crippen LogP contribution in [0.3, 0.4) is 0 Å². The fraction of sp³-hybridized carbons (Fsp3) is 0.789. The van der Waals surface area contributed by atoms with E-state index in [1.807, 2.05) is 0 Å². The first kappa shape index (κ1) is 14.2. The zero-order valence-electron chi connectivity index (χ0n) is 14.0. The molecule has 23 heavy (non-hydrogen) atoms. The van der Waals surface area contributed by atoms with Gasteiger partial charge in [0, 0.05) is 42.7 Å². The van der Waals surface area contributed by atoms with E-state index in [1.54, 1.807) is 0 Å². The highest BCUT2D eigenvalue weighted by Crippen LogP contribution is 2.47. The van der Waals surface area contributed by atoms with Crippen LogP contribution in [0.1, 0.15) is 81.1 Å². The first-order chi connectivity index (χ1) is 11.2. The van der Waals surface area contributed by atoms with Gasteiger partial charge in [-0.05, 0) is 50.4 Å². The molecule has 1 aromatic rings. The molecule has 3 aliphatic carbocycles. The summed E-state index contributed by atoms with van der Waals surface area (Å²) in [5.41, 5.74) is 7.87. The highest BCUT2D eigenvalue weighted by atomic mass is 15.2. The van der Waals surface area contributed by atoms with Gasteiger partial charge in [0.1, 0.15) is 11.6 Å². The van der Waals surface area contributed by atoms with Gasteiger partial charge < -0.3 is 10.6 Å². The first-order valence-corrected chi connectivity index (χ1v) is 9.60. The van der Waals surface area contributed by atoms with Crippen molar-refractivity contribution in [3.8, 4) is 0 Å². The molecular weight excluding hydrogens is 284 g/mol. The quantitative estimate of drug-likeness (QED) is 0.930. The molecule has 0 unspecified atom stereocenters. The second-order valence-electron chi connectivity index (χ2n) is 8.59. The van der Waals surface area contributed by atoms with E-state index in [0.717, 1.165) is 18.7 Å². The van der Waals surface area contributed by atoms with Crippen molar-refractivity contribution in [3.05, 3.63) is 17.6 Å². The van der Waals surface area contributed by atoms with Crippen LogP contribution < -0.4 is 10.6 Å². The lowest BCUT2D eigenvalue weighted by Gasteiger charge is -2.33. The van der Waals surface area contributed by atoms with Crippen molar-refractivity contribution >= 4 is 5.82 Å². The Morgan fingerprint density at radius 3 is 2.52 bits per heavy atom. The third kappa shape index (κ3) is 2.55. The van der Waals surface area contributed by atoms with E-state index in [0.29, 0.717) is 23.3 Å². The van der Waals surface area contributed by atoms with Gasteiger partial charge in [-0.3, -0.25) is 0 Å². The van der Waals surface area contributed by atoms with Crippen LogP contribution in [-0.4, -0.2) is 29.1 Å². The summed E-state index contributed by atoms with van der Waals surface area (Å²) in [6, 6.07) is 2.67. The average molecular weight is 312 g/mol. The lowest BCUT2D eigenvalue weighted by atomic mass is 9.78. The molecule has 1 saturated heterocycles. The van der Waals surface area contributed by atoms with Crippen LogP contribution >= 0.6 is 0 Å². The zero-order valence-corrected chi connectivity index (χ0v) is 14.0. The Kier molecular flexibility index (Phi) is 3.19. The van der Waals surface area contributed by atoms with Crippen molar-refractivity contribution in [1.82, 2.24) is 9.97 Å². The highest BCUT2D eigenvalue weighted by molar-refractivity contribution is 5.44.